The Labute approximate surface area is 209 Å². The average Bonchev–Trinajstić information content (AvgIpc) is 3.06. The minimum atomic E-state index is -0.975. The number of likely N-dealkylation sites (tertiary alicyclic amines) is 1. The molecule has 2 rings (SSSR count). The van der Waals surface area contributed by atoms with E-state index in [1.54, 1.807) is 54.5 Å². The molecule has 1 fully saturated rings. The van der Waals surface area contributed by atoms with Gasteiger partial charge in [0.05, 0.1) is 24.0 Å². The number of anilines is 1. The van der Waals surface area contributed by atoms with Crippen LogP contribution in [0.4, 0.5) is 15.3 Å². The highest BCUT2D eigenvalue weighted by atomic mass is 79.9. The molecule has 0 radical (unpaired) electrons. The van der Waals surface area contributed by atoms with Crippen molar-refractivity contribution in [3.05, 3.63) is 27.7 Å². The fourth-order valence-electron chi connectivity index (χ4n) is 3.37. The molecule has 1 heterocycles. The summed E-state index contributed by atoms with van der Waals surface area (Å²) >= 11 is 3.50. The molecular formula is C24H35BrN2O7. The van der Waals surface area contributed by atoms with E-state index in [2.05, 4.69) is 15.9 Å². The topological polar surface area (TPSA) is 106 Å². The van der Waals surface area contributed by atoms with E-state index in [0.29, 0.717) is 36.1 Å². The Kier molecular flexibility index (Phi) is 9.12. The van der Waals surface area contributed by atoms with Gasteiger partial charge in [-0.05, 0) is 72.6 Å². The number of carbonyl (C=O) groups excluding carboxylic acids is 3. The largest absolute Gasteiger partial charge is 0.462 e. The number of benzene rings is 1. The molecule has 34 heavy (non-hydrogen) atoms. The summed E-state index contributed by atoms with van der Waals surface area (Å²) in [4.78, 5) is 42.0. The molecule has 1 unspecified atom stereocenters. The van der Waals surface area contributed by atoms with Crippen molar-refractivity contribution in [3.8, 4) is 0 Å². The summed E-state index contributed by atoms with van der Waals surface area (Å²) in [6.45, 7) is 13.5. The van der Waals surface area contributed by atoms with E-state index in [1.165, 1.54) is 6.07 Å². The van der Waals surface area contributed by atoms with Crippen LogP contribution >= 0.6 is 15.9 Å². The molecule has 1 aromatic carbocycles. The third-order valence-electron chi connectivity index (χ3n) is 4.69. The summed E-state index contributed by atoms with van der Waals surface area (Å²) < 4.78 is 16.8. The second-order valence-electron chi connectivity index (χ2n) is 10.2. The number of amides is 2. The van der Waals surface area contributed by atoms with Gasteiger partial charge in [-0.1, -0.05) is 15.9 Å². The maximum atomic E-state index is 13.2. The van der Waals surface area contributed by atoms with Crippen LogP contribution in [-0.2, 0) is 20.8 Å². The molecule has 0 saturated carbocycles. The lowest BCUT2D eigenvalue weighted by atomic mass is 10.1. The van der Waals surface area contributed by atoms with Crippen molar-refractivity contribution < 1.29 is 33.7 Å². The van der Waals surface area contributed by atoms with Crippen molar-refractivity contribution in [1.82, 2.24) is 4.90 Å². The number of hydrogen-bond donors (Lipinski definition) is 1. The molecule has 2 amide bonds. The first-order valence-electron chi connectivity index (χ1n) is 11.3. The number of hydrogen-bond acceptors (Lipinski definition) is 8. The van der Waals surface area contributed by atoms with Crippen LogP contribution in [0.2, 0.25) is 0 Å². The predicted molar refractivity (Wildman–Crippen MR) is 131 cm³/mol. The van der Waals surface area contributed by atoms with E-state index < -0.39 is 35.5 Å². The first-order chi connectivity index (χ1) is 15.6. The fraction of sp³-hybridized carbons (Fsp3) is 0.625. The molecule has 1 aliphatic heterocycles. The summed E-state index contributed by atoms with van der Waals surface area (Å²) in [6, 6.07) is 3.10. The molecule has 10 heteroatoms. The molecular weight excluding hydrogens is 508 g/mol. The highest BCUT2D eigenvalue weighted by Gasteiger charge is 2.36. The second-order valence-corrected chi connectivity index (χ2v) is 11.0. The normalized spacial score (nSPS) is 16.8. The summed E-state index contributed by atoms with van der Waals surface area (Å²) in [6.07, 6.45) is -1.70. The number of carbonyl (C=O) groups is 3. The zero-order chi connectivity index (χ0) is 25.8. The van der Waals surface area contributed by atoms with Crippen LogP contribution in [0, 0.1) is 0 Å². The first kappa shape index (κ1) is 28.1. The molecule has 1 aliphatic rings. The summed E-state index contributed by atoms with van der Waals surface area (Å²) in [5, 5.41) is 9.88. The molecule has 0 bridgehead atoms. The van der Waals surface area contributed by atoms with Crippen LogP contribution in [0.3, 0.4) is 0 Å². The summed E-state index contributed by atoms with van der Waals surface area (Å²) in [5.74, 6) is -0.696. The van der Waals surface area contributed by atoms with Crippen molar-refractivity contribution in [2.24, 2.45) is 0 Å². The Morgan fingerprint density at radius 2 is 1.65 bits per heavy atom. The third kappa shape index (κ3) is 7.95. The number of halogens is 1. The number of nitrogens with zero attached hydrogens (tertiary/aromatic N) is 2. The number of ether oxygens (including phenoxy) is 3. The molecule has 1 saturated heterocycles. The van der Waals surface area contributed by atoms with E-state index in [1.807, 2.05) is 4.90 Å². The van der Waals surface area contributed by atoms with Crippen molar-refractivity contribution >= 4 is 39.8 Å². The van der Waals surface area contributed by atoms with Gasteiger partial charge in [0.25, 0.3) is 0 Å². The van der Waals surface area contributed by atoms with Gasteiger partial charge in [-0.15, -0.1) is 0 Å². The smallest absolute Gasteiger partial charge is 0.424 e. The Hall–Kier alpha value is -2.17. The maximum Gasteiger partial charge on any atom is 0.424 e. The van der Waals surface area contributed by atoms with Gasteiger partial charge in [0.1, 0.15) is 11.2 Å². The number of aliphatic hydroxyl groups excluding tert-OH is 1. The Morgan fingerprint density at radius 3 is 2.09 bits per heavy atom. The van der Waals surface area contributed by atoms with Crippen LogP contribution in [0.5, 0.6) is 0 Å². The van der Waals surface area contributed by atoms with Crippen molar-refractivity contribution in [3.63, 3.8) is 0 Å². The summed E-state index contributed by atoms with van der Waals surface area (Å²) in [7, 11) is 0. The van der Waals surface area contributed by atoms with Crippen molar-refractivity contribution in [2.45, 2.75) is 78.7 Å². The minimum absolute atomic E-state index is 0.0000968. The third-order valence-corrected chi connectivity index (χ3v) is 5.43. The van der Waals surface area contributed by atoms with Crippen LogP contribution in [0.1, 0.15) is 70.8 Å². The van der Waals surface area contributed by atoms with Gasteiger partial charge in [-0.2, -0.15) is 4.90 Å². The van der Waals surface area contributed by atoms with E-state index in [9.17, 15) is 19.5 Å². The van der Waals surface area contributed by atoms with Crippen LogP contribution in [0.25, 0.3) is 0 Å². The van der Waals surface area contributed by atoms with Crippen molar-refractivity contribution in [2.75, 3.05) is 24.6 Å². The van der Waals surface area contributed by atoms with Gasteiger partial charge in [0.2, 0.25) is 0 Å². The van der Waals surface area contributed by atoms with Crippen LogP contribution in [-0.4, -0.2) is 65.2 Å². The number of esters is 1. The second kappa shape index (κ2) is 11.0. The quantitative estimate of drug-likeness (QED) is 0.415. The van der Waals surface area contributed by atoms with Crippen LogP contribution in [0.15, 0.2) is 16.6 Å². The first-order valence-corrected chi connectivity index (χ1v) is 12.1. The van der Waals surface area contributed by atoms with Gasteiger partial charge in [-0.25, -0.2) is 14.4 Å². The number of imide groups is 1. The van der Waals surface area contributed by atoms with E-state index >= 15 is 0 Å². The van der Waals surface area contributed by atoms with E-state index in [4.69, 9.17) is 14.2 Å². The highest BCUT2D eigenvalue weighted by molar-refractivity contribution is 9.10. The number of rotatable bonds is 5. The Bertz CT molecular complexity index is 893. The number of aliphatic hydroxyl groups is 1. The lowest BCUT2D eigenvalue weighted by Crippen LogP contribution is -2.44. The Balaban J connectivity index is 2.62. The Morgan fingerprint density at radius 1 is 1.09 bits per heavy atom. The SMILES string of the molecule is CCOC(=O)c1cc(Br)c(CN2CCC(O)C2)cc1N(C(=O)OC(C)(C)C)C(=O)OC(C)(C)C. The molecule has 0 aromatic heterocycles. The van der Waals surface area contributed by atoms with E-state index in [-0.39, 0.29) is 17.9 Å². The highest BCUT2D eigenvalue weighted by Crippen LogP contribution is 2.33. The van der Waals surface area contributed by atoms with Gasteiger partial charge >= 0.3 is 18.2 Å². The maximum absolute atomic E-state index is 13.2. The van der Waals surface area contributed by atoms with Crippen LogP contribution < -0.4 is 4.90 Å². The molecule has 190 valence electrons. The molecule has 1 atom stereocenters. The fourth-order valence-corrected chi connectivity index (χ4v) is 3.84. The van der Waals surface area contributed by atoms with Crippen molar-refractivity contribution in [1.29, 1.82) is 0 Å². The van der Waals surface area contributed by atoms with Gasteiger partial charge in [0.15, 0.2) is 0 Å². The predicted octanol–water partition coefficient (Wildman–Crippen LogP) is 4.87. The van der Waals surface area contributed by atoms with E-state index in [0.717, 1.165) is 4.90 Å². The zero-order valence-electron chi connectivity index (χ0n) is 20.9. The minimum Gasteiger partial charge on any atom is -0.462 e. The number of β-amino-alcohol motifs (C(OH)–C–C–N with tert-alkyl or cyclic N) is 1. The van der Waals surface area contributed by atoms with Gasteiger partial charge < -0.3 is 19.3 Å². The average molecular weight is 543 g/mol. The van der Waals surface area contributed by atoms with Gasteiger partial charge in [0, 0.05) is 24.1 Å². The molecule has 0 aliphatic carbocycles. The molecule has 9 nitrogen and oxygen atoms in total. The lowest BCUT2D eigenvalue weighted by Gasteiger charge is -2.30. The monoisotopic (exact) mass is 542 g/mol. The molecule has 1 N–H and O–H groups in total. The van der Waals surface area contributed by atoms with Gasteiger partial charge in [-0.3, -0.25) is 4.90 Å². The summed E-state index contributed by atoms with van der Waals surface area (Å²) in [5.41, 5.74) is -1.07. The zero-order valence-corrected chi connectivity index (χ0v) is 22.5. The lowest BCUT2D eigenvalue weighted by molar-refractivity contribution is 0.0430. The molecule has 1 aromatic rings. The standard InChI is InChI=1S/C24H35BrN2O7/c1-8-32-20(29)17-12-18(25)15(13-26-10-9-16(28)14-26)11-19(17)27(21(30)33-23(2,3)4)22(31)34-24(5,6)7/h11-12,16,28H,8-10,13-14H2,1-7H3. The molecule has 0 spiro atoms.